The van der Waals surface area contributed by atoms with Crippen LogP contribution in [0.25, 0.3) is 11.3 Å². The molecule has 0 radical (unpaired) electrons. The van der Waals surface area contributed by atoms with Gasteiger partial charge in [-0.15, -0.1) is 0 Å². The van der Waals surface area contributed by atoms with Crippen LogP contribution in [0.4, 0.5) is 0 Å². The quantitative estimate of drug-likeness (QED) is 0.520. The molecular formula is C32H37NO8. The Morgan fingerprint density at radius 1 is 1.07 bits per heavy atom. The molecule has 0 aromatic carbocycles. The normalized spacial score (nSPS) is 37.6. The maximum Gasteiger partial charge on any atom is 0.345 e. The molecule has 0 bridgehead atoms. The van der Waals surface area contributed by atoms with Crippen LogP contribution in [-0.2, 0) is 19.1 Å². The van der Waals surface area contributed by atoms with Gasteiger partial charge in [-0.1, -0.05) is 13.8 Å². The average molecular weight is 564 g/mol. The third-order valence-electron chi connectivity index (χ3n) is 10.7. The number of aromatic nitrogens is 1. The van der Waals surface area contributed by atoms with Crippen LogP contribution < -0.4 is 10.4 Å². The van der Waals surface area contributed by atoms with Crippen molar-refractivity contribution in [1.82, 2.24) is 4.98 Å². The molecular weight excluding hydrogens is 526 g/mol. The molecule has 1 aliphatic heterocycles. The molecule has 1 N–H and O–H groups in total. The highest BCUT2D eigenvalue weighted by Crippen LogP contribution is 2.65. The smallest absolute Gasteiger partial charge is 0.345 e. The molecule has 2 aromatic heterocycles. The lowest BCUT2D eigenvalue weighted by Gasteiger charge is -2.64. The Hall–Kier alpha value is -3.20. The number of fused-ring (bicyclic) bond motifs is 4. The minimum atomic E-state index is -1.20. The highest BCUT2D eigenvalue weighted by molar-refractivity contribution is 5.75. The van der Waals surface area contributed by atoms with Crippen molar-refractivity contribution in [3.8, 4) is 17.1 Å². The maximum atomic E-state index is 13.4. The summed E-state index contributed by atoms with van der Waals surface area (Å²) >= 11 is 0. The lowest BCUT2D eigenvalue weighted by Crippen LogP contribution is -2.69. The number of hydrogen-bond donors (Lipinski definition) is 1. The van der Waals surface area contributed by atoms with Gasteiger partial charge in [0.25, 0.3) is 0 Å². The number of carbonyl (C=O) groups excluding carboxylic acids is 2. The zero-order chi connectivity index (χ0) is 28.7. The topological polar surface area (TPSA) is 125 Å². The van der Waals surface area contributed by atoms with Crippen LogP contribution in [0.1, 0.15) is 77.4 Å². The van der Waals surface area contributed by atoms with Gasteiger partial charge in [-0.2, -0.15) is 0 Å². The summed E-state index contributed by atoms with van der Waals surface area (Å²) in [5.41, 5.74) is -1.54. The van der Waals surface area contributed by atoms with Crippen LogP contribution in [0, 0.1) is 35.0 Å². The van der Waals surface area contributed by atoms with Gasteiger partial charge in [0.15, 0.2) is 0 Å². The van der Waals surface area contributed by atoms with Crippen LogP contribution in [-0.4, -0.2) is 39.8 Å². The second-order valence-corrected chi connectivity index (χ2v) is 13.3. The van der Waals surface area contributed by atoms with Crippen molar-refractivity contribution in [3.05, 3.63) is 46.6 Å². The van der Waals surface area contributed by atoms with Crippen molar-refractivity contribution in [1.29, 1.82) is 0 Å². The molecule has 218 valence electrons. The molecule has 9 heteroatoms. The first-order valence-corrected chi connectivity index (χ1v) is 15.0. The van der Waals surface area contributed by atoms with Crippen LogP contribution in [0.3, 0.4) is 0 Å². The van der Waals surface area contributed by atoms with E-state index in [1.807, 2.05) is 6.92 Å². The van der Waals surface area contributed by atoms with E-state index in [4.69, 9.17) is 18.6 Å². The van der Waals surface area contributed by atoms with Crippen LogP contribution >= 0.6 is 0 Å². The number of carbonyl (C=O) groups is 2. The van der Waals surface area contributed by atoms with E-state index in [1.54, 1.807) is 30.6 Å². The van der Waals surface area contributed by atoms with E-state index < -0.39 is 34.8 Å². The standard InChI is InChI=1S/C32H37NO8/c1-16-20-13-24(40-29(36)18-8-9-18)32(3)27(31(20,2)11-10-21(16)38-28(35)17-6-7-17)26(34)25-23(41-32)14-22(39-30(25)37)19-5-4-12-33-15-19/h4-5,12,14-18,20-21,24,26-27,34H,6-11,13H2,1-3H3/t16-,20?,21+,24+,26+,27?,31+,32-/m1/s1. The molecule has 0 spiro atoms. The van der Waals surface area contributed by atoms with Gasteiger partial charge in [0.05, 0.1) is 17.9 Å². The number of rotatable bonds is 5. The van der Waals surface area contributed by atoms with Gasteiger partial charge in [0, 0.05) is 29.9 Å². The zero-order valence-corrected chi connectivity index (χ0v) is 23.7. The number of aliphatic hydroxyl groups excluding tert-OH is 1. The molecule has 41 heavy (non-hydrogen) atoms. The summed E-state index contributed by atoms with van der Waals surface area (Å²) < 4.78 is 24.6. The Balaban J connectivity index is 1.29. The van der Waals surface area contributed by atoms with E-state index in [1.165, 1.54) is 0 Å². The SMILES string of the molecule is C[C@@H]1C2C[C@H](OC(=O)C3CC3)[C@@]3(C)Oc4cc(-c5cccnc5)oc(=O)c4[C@H](O)C3[C@@]2(C)CC[C@@H]1OC(=O)C1CC1. The highest BCUT2D eigenvalue weighted by Gasteiger charge is 2.68. The summed E-state index contributed by atoms with van der Waals surface area (Å²) in [7, 11) is 0. The molecule has 4 saturated carbocycles. The fourth-order valence-corrected chi connectivity index (χ4v) is 8.09. The van der Waals surface area contributed by atoms with Crippen LogP contribution in [0.15, 0.2) is 39.8 Å². The van der Waals surface area contributed by atoms with E-state index in [0.29, 0.717) is 24.8 Å². The fraction of sp³-hybridized carbons (Fsp3) is 0.625. The van der Waals surface area contributed by atoms with Gasteiger partial charge >= 0.3 is 17.6 Å². The Morgan fingerprint density at radius 2 is 1.78 bits per heavy atom. The maximum absolute atomic E-state index is 13.4. The second kappa shape index (κ2) is 9.41. The predicted octanol–water partition coefficient (Wildman–Crippen LogP) is 4.60. The highest BCUT2D eigenvalue weighted by atomic mass is 16.6. The van der Waals surface area contributed by atoms with E-state index >= 15 is 0 Å². The van der Waals surface area contributed by atoms with Crippen LogP contribution in [0.2, 0.25) is 0 Å². The molecule has 9 nitrogen and oxygen atoms in total. The average Bonchev–Trinajstić information content (AvgIpc) is 3.84. The van der Waals surface area contributed by atoms with Crippen molar-refractivity contribution >= 4 is 11.9 Å². The first kappa shape index (κ1) is 26.7. The third kappa shape index (κ3) is 4.30. The predicted molar refractivity (Wildman–Crippen MR) is 146 cm³/mol. The van der Waals surface area contributed by atoms with Gasteiger partial charge in [-0.25, -0.2) is 4.79 Å². The molecule has 8 atom stereocenters. The third-order valence-corrected chi connectivity index (χ3v) is 10.7. The molecule has 4 fully saturated rings. The Labute approximate surface area is 238 Å². The number of hydrogen-bond acceptors (Lipinski definition) is 9. The first-order valence-electron chi connectivity index (χ1n) is 15.0. The fourth-order valence-electron chi connectivity index (χ4n) is 8.09. The van der Waals surface area contributed by atoms with E-state index in [2.05, 4.69) is 18.8 Å². The van der Waals surface area contributed by atoms with Crippen molar-refractivity contribution in [2.45, 2.75) is 89.6 Å². The molecule has 3 heterocycles. The summed E-state index contributed by atoms with van der Waals surface area (Å²) in [4.78, 5) is 43.2. The number of aliphatic hydroxyl groups is 1. The van der Waals surface area contributed by atoms with Crippen LogP contribution in [0.5, 0.6) is 5.75 Å². The van der Waals surface area contributed by atoms with Gasteiger partial charge in [-0.3, -0.25) is 14.6 Å². The monoisotopic (exact) mass is 563 g/mol. The largest absolute Gasteiger partial charge is 0.482 e. The van der Waals surface area contributed by atoms with E-state index in [-0.39, 0.29) is 58.8 Å². The Kier molecular flexibility index (Phi) is 6.12. The molecule has 0 amide bonds. The molecule has 2 unspecified atom stereocenters. The van der Waals surface area contributed by atoms with Crippen molar-refractivity contribution in [2.24, 2.45) is 35.0 Å². The Morgan fingerprint density at radius 3 is 2.44 bits per heavy atom. The molecule has 2 aromatic rings. The molecule has 4 aliphatic carbocycles. The lowest BCUT2D eigenvalue weighted by atomic mass is 9.46. The number of nitrogens with zero attached hydrogens (tertiary/aromatic N) is 1. The second-order valence-electron chi connectivity index (χ2n) is 13.3. The zero-order valence-electron chi connectivity index (χ0n) is 23.7. The summed E-state index contributed by atoms with van der Waals surface area (Å²) in [6.45, 7) is 6.13. The van der Waals surface area contributed by atoms with E-state index in [9.17, 15) is 19.5 Å². The van der Waals surface area contributed by atoms with Gasteiger partial charge < -0.3 is 23.7 Å². The van der Waals surface area contributed by atoms with Crippen molar-refractivity contribution in [3.63, 3.8) is 0 Å². The summed E-state index contributed by atoms with van der Waals surface area (Å²) in [6.07, 6.45) is 6.35. The summed E-state index contributed by atoms with van der Waals surface area (Å²) in [6, 6.07) is 5.16. The number of ether oxygens (including phenoxy) is 3. The van der Waals surface area contributed by atoms with Crippen molar-refractivity contribution in [2.75, 3.05) is 0 Å². The van der Waals surface area contributed by atoms with E-state index in [0.717, 1.165) is 25.7 Å². The number of pyridine rings is 1. The minimum absolute atomic E-state index is 0.0123. The number of esters is 2. The first-order chi connectivity index (χ1) is 19.6. The minimum Gasteiger partial charge on any atom is -0.482 e. The van der Waals surface area contributed by atoms with Gasteiger partial charge in [-0.05, 0) is 81.3 Å². The molecule has 5 aliphatic rings. The molecule has 0 saturated heterocycles. The molecule has 7 rings (SSSR count). The van der Waals surface area contributed by atoms with Crippen molar-refractivity contribution < 1.29 is 33.3 Å². The van der Waals surface area contributed by atoms with Gasteiger partial charge in [0.1, 0.15) is 34.9 Å². The summed E-state index contributed by atoms with van der Waals surface area (Å²) in [5.74, 6) is -0.565. The lowest BCUT2D eigenvalue weighted by molar-refractivity contribution is -0.251. The summed E-state index contributed by atoms with van der Waals surface area (Å²) in [5, 5.41) is 12.0. The Bertz CT molecular complexity index is 1430. The van der Waals surface area contributed by atoms with Gasteiger partial charge in [0.2, 0.25) is 0 Å².